The summed E-state index contributed by atoms with van der Waals surface area (Å²) >= 11 is 5.81. The van der Waals surface area contributed by atoms with Crippen LogP contribution in [0.3, 0.4) is 0 Å². The van der Waals surface area contributed by atoms with Crippen LogP contribution in [0.5, 0.6) is 0 Å². The van der Waals surface area contributed by atoms with Crippen LogP contribution in [0.4, 0.5) is 4.39 Å². The van der Waals surface area contributed by atoms with E-state index in [1.165, 1.54) is 12.5 Å². The molecule has 1 fully saturated rings. The minimum Gasteiger partial charge on any atom is -0.329 e. The van der Waals surface area contributed by atoms with Crippen molar-refractivity contribution >= 4 is 11.6 Å². The third-order valence-electron chi connectivity index (χ3n) is 3.74. The van der Waals surface area contributed by atoms with E-state index in [0.717, 1.165) is 31.0 Å². The Balaban J connectivity index is 2.05. The molecule has 2 N–H and O–H groups in total. The van der Waals surface area contributed by atoms with Gasteiger partial charge < -0.3 is 5.73 Å². The van der Waals surface area contributed by atoms with Crippen molar-refractivity contribution in [3.8, 4) is 0 Å². The lowest BCUT2D eigenvalue weighted by atomic mass is 9.92. The molecule has 100 valence electrons. The van der Waals surface area contributed by atoms with Crippen molar-refractivity contribution in [2.75, 3.05) is 13.1 Å². The average molecular weight is 271 g/mol. The van der Waals surface area contributed by atoms with E-state index in [9.17, 15) is 4.39 Å². The van der Waals surface area contributed by atoms with Crippen LogP contribution in [0, 0.1) is 11.7 Å². The molecule has 2 rings (SSSR count). The molecule has 0 amide bonds. The molecule has 0 bridgehead atoms. The van der Waals surface area contributed by atoms with Gasteiger partial charge in [0, 0.05) is 19.1 Å². The smallest absolute Gasteiger partial charge is 0.141 e. The van der Waals surface area contributed by atoms with Gasteiger partial charge in [-0.05, 0) is 43.0 Å². The number of piperidine rings is 1. The third-order valence-corrected chi connectivity index (χ3v) is 4.03. The van der Waals surface area contributed by atoms with Gasteiger partial charge in [0.05, 0.1) is 5.02 Å². The molecule has 0 saturated carbocycles. The molecule has 18 heavy (non-hydrogen) atoms. The molecule has 0 radical (unpaired) electrons. The minimum absolute atomic E-state index is 0.196. The number of likely N-dealkylation sites (tertiary alicyclic amines) is 1. The summed E-state index contributed by atoms with van der Waals surface area (Å²) in [6.45, 7) is 4.81. The van der Waals surface area contributed by atoms with E-state index in [-0.39, 0.29) is 10.8 Å². The predicted octanol–water partition coefficient (Wildman–Crippen LogP) is 3.04. The molecular weight excluding hydrogens is 251 g/mol. The lowest BCUT2D eigenvalue weighted by Crippen LogP contribution is -2.45. The Morgan fingerprint density at radius 3 is 2.94 bits per heavy atom. The summed E-state index contributed by atoms with van der Waals surface area (Å²) in [5.74, 6) is 0.384. The second-order valence-electron chi connectivity index (χ2n) is 5.24. The van der Waals surface area contributed by atoms with Gasteiger partial charge in [-0.3, -0.25) is 4.90 Å². The van der Waals surface area contributed by atoms with Crippen molar-refractivity contribution in [3.63, 3.8) is 0 Å². The fourth-order valence-corrected chi connectivity index (χ4v) is 2.83. The van der Waals surface area contributed by atoms with Crippen LogP contribution in [-0.4, -0.2) is 24.0 Å². The summed E-state index contributed by atoms with van der Waals surface area (Å²) < 4.78 is 13.1. The van der Waals surface area contributed by atoms with E-state index in [1.807, 2.05) is 0 Å². The second kappa shape index (κ2) is 6.00. The average Bonchev–Trinajstić information content (AvgIpc) is 2.36. The highest BCUT2D eigenvalue weighted by atomic mass is 35.5. The summed E-state index contributed by atoms with van der Waals surface area (Å²) in [7, 11) is 0. The van der Waals surface area contributed by atoms with Crippen LogP contribution in [0.25, 0.3) is 0 Å². The molecule has 1 heterocycles. The first kappa shape index (κ1) is 13.8. The molecule has 1 aliphatic heterocycles. The fourth-order valence-electron chi connectivity index (χ4n) is 2.63. The Labute approximate surface area is 113 Å². The Bertz CT molecular complexity index is 411. The zero-order valence-electron chi connectivity index (χ0n) is 10.7. The minimum atomic E-state index is -0.358. The lowest BCUT2D eigenvalue weighted by molar-refractivity contribution is 0.115. The maximum atomic E-state index is 13.1. The standard InChI is InChI=1S/C14H20ClFN2/c1-10-4-5-18(12(6-10)8-17)9-11-2-3-14(16)13(15)7-11/h2-3,7,10,12H,4-6,8-9,17H2,1H3. The molecule has 0 spiro atoms. The molecule has 2 atom stereocenters. The van der Waals surface area contributed by atoms with Crippen molar-refractivity contribution in [2.45, 2.75) is 32.4 Å². The highest BCUT2D eigenvalue weighted by Crippen LogP contribution is 2.24. The summed E-state index contributed by atoms with van der Waals surface area (Å²) in [6.07, 6.45) is 2.34. The second-order valence-corrected chi connectivity index (χ2v) is 5.65. The van der Waals surface area contributed by atoms with Gasteiger partial charge in [-0.15, -0.1) is 0 Å². The van der Waals surface area contributed by atoms with Gasteiger partial charge in [-0.25, -0.2) is 4.39 Å². The number of hydrogen-bond donors (Lipinski definition) is 1. The molecule has 1 aliphatic rings. The Kier molecular flexibility index (Phi) is 4.60. The summed E-state index contributed by atoms with van der Waals surface area (Å²) in [6, 6.07) is 5.37. The molecule has 4 heteroatoms. The van der Waals surface area contributed by atoms with E-state index in [0.29, 0.717) is 12.6 Å². The molecule has 1 aromatic carbocycles. The van der Waals surface area contributed by atoms with Crippen LogP contribution in [0.1, 0.15) is 25.3 Å². The van der Waals surface area contributed by atoms with E-state index < -0.39 is 0 Å². The number of benzene rings is 1. The highest BCUT2D eigenvalue weighted by molar-refractivity contribution is 6.30. The first-order valence-electron chi connectivity index (χ1n) is 6.48. The van der Waals surface area contributed by atoms with Gasteiger partial charge in [0.15, 0.2) is 0 Å². The van der Waals surface area contributed by atoms with Gasteiger partial charge in [-0.2, -0.15) is 0 Å². The van der Waals surface area contributed by atoms with Crippen molar-refractivity contribution in [3.05, 3.63) is 34.6 Å². The molecule has 1 saturated heterocycles. The fraction of sp³-hybridized carbons (Fsp3) is 0.571. The topological polar surface area (TPSA) is 29.3 Å². The maximum Gasteiger partial charge on any atom is 0.141 e. The van der Waals surface area contributed by atoms with Crippen LogP contribution in [0.15, 0.2) is 18.2 Å². The van der Waals surface area contributed by atoms with Crippen molar-refractivity contribution in [1.82, 2.24) is 4.90 Å². The lowest BCUT2D eigenvalue weighted by Gasteiger charge is -2.38. The van der Waals surface area contributed by atoms with E-state index in [4.69, 9.17) is 17.3 Å². The van der Waals surface area contributed by atoms with Gasteiger partial charge in [0.25, 0.3) is 0 Å². The van der Waals surface area contributed by atoms with Crippen LogP contribution >= 0.6 is 11.6 Å². The van der Waals surface area contributed by atoms with Gasteiger partial charge in [-0.1, -0.05) is 24.6 Å². The van der Waals surface area contributed by atoms with Crippen LogP contribution in [-0.2, 0) is 6.54 Å². The molecule has 0 aromatic heterocycles. The number of nitrogens with zero attached hydrogens (tertiary/aromatic N) is 1. The Hall–Kier alpha value is -0.640. The van der Waals surface area contributed by atoms with Crippen molar-refractivity contribution in [1.29, 1.82) is 0 Å². The maximum absolute atomic E-state index is 13.1. The highest BCUT2D eigenvalue weighted by Gasteiger charge is 2.25. The van der Waals surface area contributed by atoms with Crippen LogP contribution in [0.2, 0.25) is 5.02 Å². The van der Waals surface area contributed by atoms with Crippen LogP contribution < -0.4 is 5.73 Å². The summed E-state index contributed by atoms with van der Waals surface area (Å²) in [5, 5.41) is 0.196. The van der Waals surface area contributed by atoms with Gasteiger partial charge in [0.1, 0.15) is 5.82 Å². The molecule has 2 nitrogen and oxygen atoms in total. The quantitative estimate of drug-likeness (QED) is 0.915. The monoisotopic (exact) mass is 270 g/mol. The number of rotatable bonds is 3. The summed E-state index contributed by atoms with van der Waals surface area (Å²) in [5.41, 5.74) is 6.89. The normalized spacial score (nSPS) is 25.3. The SMILES string of the molecule is CC1CCN(Cc2ccc(F)c(Cl)c2)C(CN)C1. The zero-order chi connectivity index (χ0) is 13.1. The third kappa shape index (κ3) is 3.22. The number of hydrogen-bond acceptors (Lipinski definition) is 2. The largest absolute Gasteiger partial charge is 0.329 e. The zero-order valence-corrected chi connectivity index (χ0v) is 11.5. The van der Waals surface area contributed by atoms with Gasteiger partial charge >= 0.3 is 0 Å². The number of halogens is 2. The van der Waals surface area contributed by atoms with E-state index in [2.05, 4.69) is 11.8 Å². The molecule has 0 aliphatic carbocycles. The van der Waals surface area contributed by atoms with E-state index in [1.54, 1.807) is 12.1 Å². The number of nitrogens with two attached hydrogens (primary N) is 1. The molecule has 2 unspecified atom stereocenters. The first-order valence-corrected chi connectivity index (χ1v) is 6.86. The van der Waals surface area contributed by atoms with Crippen molar-refractivity contribution in [2.24, 2.45) is 11.7 Å². The molecular formula is C14H20ClFN2. The summed E-state index contributed by atoms with van der Waals surface area (Å²) in [4.78, 5) is 2.38. The van der Waals surface area contributed by atoms with Crippen molar-refractivity contribution < 1.29 is 4.39 Å². The Morgan fingerprint density at radius 1 is 1.50 bits per heavy atom. The van der Waals surface area contributed by atoms with Gasteiger partial charge in [0.2, 0.25) is 0 Å². The Morgan fingerprint density at radius 2 is 2.28 bits per heavy atom. The predicted molar refractivity (Wildman–Crippen MR) is 73.1 cm³/mol. The molecule has 1 aromatic rings. The van der Waals surface area contributed by atoms with E-state index >= 15 is 0 Å². The first-order chi connectivity index (χ1) is 8.60.